The molecule has 0 fully saturated rings. The molecule has 2 N–H and O–H groups in total. The highest BCUT2D eigenvalue weighted by Gasteiger charge is 2.47. The maximum atomic E-state index is 11.1. The second-order valence-electron chi connectivity index (χ2n) is 3.55. The molecule has 6 nitrogen and oxygen atoms in total. The number of ether oxygens (including phenoxy) is 1. The number of aliphatic carboxylic acids is 2. The van der Waals surface area contributed by atoms with E-state index in [4.69, 9.17) is 10.2 Å². The van der Waals surface area contributed by atoms with Gasteiger partial charge in [-0.25, -0.2) is 9.59 Å². The van der Waals surface area contributed by atoms with Crippen LogP contribution in [0.15, 0.2) is 12.7 Å². The summed E-state index contributed by atoms with van der Waals surface area (Å²) in [5, 5.41) is 17.7. The van der Waals surface area contributed by atoms with Crippen LogP contribution in [0.4, 0.5) is 0 Å². The maximum absolute atomic E-state index is 11.1. The van der Waals surface area contributed by atoms with Crippen molar-refractivity contribution in [3.05, 3.63) is 12.7 Å². The van der Waals surface area contributed by atoms with E-state index in [1.165, 1.54) is 13.8 Å². The molecule has 0 radical (unpaired) electrons. The van der Waals surface area contributed by atoms with Crippen molar-refractivity contribution in [2.75, 3.05) is 0 Å². The minimum absolute atomic E-state index is 0.676. The van der Waals surface area contributed by atoms with Gasteiger partial charge in [-0.3, -0.25) is 4.79 Å². The van der Waals surface area contributed by atoms with E-state index in [1.807, 2.05) is 0 Å². The molecule has 0 aromatic rings. The molecule has 0 aliphatic heterocycles. The summed E-state index contributed by atoms with van der Waals surface area (Å²) in [6.07, 6.45) is 0.00149. The Morgan fingerprint density at radius 2 is 1.88 bits per heavy atom. The van der Waals surface area contributed by atoms with Gasteiger partial charge in [0.05, 0.1) is 6.42 Å². The molecule has 0 saturated heterocycles. The Balaban J connectivity index is 5.25. The van der Waals surface area contributed by atoms with Crippen LogP contribution in [0.5, 0.6) is 0 Å². The molecule has 1 atom stereocenters. The first kappa shape index (κ1) is 14.2. The highest BCUT2D eigenvalue weighted by molar-refractivity contribution is 5.89. The third kappa shape index (κ3) is 3.08. The molecule has 0 rings (SSSR count). The predicted molar refractivity (Wildman–Crippen MR) is 53.7 cm³/mol. The summed E-state index contributed by atoms with van der Waals surface area (Å²) in [6.45, 7) is 6.06. The van der Waals surface area contributed by atoms with Crippen LogP contribution >= 0.6 is 0 Å². The van der Waals surface area contributed by atoms with Crippen LogP contribution in [0.1, 0.15) is 20.3 Å². The van der Waals surface area contributed by atoms with Crippen molar-refractivity contribution < 1.29 is 29.3 Å². The molecule has 0 aromatic carbocycles. The second kappa shape index (κ2) is 5.29. The summed E-state index contributed by atoms with van der Waals surface area (Å²) in [5.74, 6) is -4.48. The highest BCUT2D eigenvalue weighted by Crippen LogP contribution is 2.27. The van der Waals surface area contributed by atoms with Gasteiger partial charge in [0, 0.05) is 12.0 Å². The Labute approximate surface area is 92.5 Å². The third-order valence-electron chi connectivity index (χ3n) is 2.16. The van der Waals surface area contributed by atoms with Crippen molar-refractivity contribution in [1.29, 1.82) is 0 Å². The van der Waals surface area contributed by atoms with Gasteiger partial charge in [0.1, 0.15) is 0 Å². The van der Waals surface area contributed by atoms with Crippen LogP contribution in [-0.2, 0) is 19.1 Å². The van der Waals surface area contributed by atoms with Crippen molar-refractivity contribution in [2.45, 2.75) is 25.9 Å². The zero-order valence-electron chi connectivity index (χ0n) is 9.10. The fourth-order valence-electron chi connectivity index (χ4n) is 1.17. The molecule has 0 amide bonds. The third-order valence-corrected chi connectivity index (χ3v) is 2.16. The Morgan fingerprint density at radius 3 is 2.12 bits per heavy atom. The minimum atomic E-state index is -2.06. The van der Waals surface area contributed by atoms with Crippen LogP contribution in [0.3, 0.4) is 0 Å². The summed E-state index contributed by atoms with van der Waals surface area (Å²) in [6, 6.07) is 0. The number of carboxylic acid groups (broad SMARTS) is 2. The number of carbonyl (C=O) groups excluding carboxylic acids is 1. The predicted octanol–water partition coefficient (Wildman–Crippen LogP) is 0.670. The molecule has 0 aromatic heterocycles. The summed E-state index contributed by atoms with van der Waals surface area (Å²) in [7, 11) is 0. The quantitative estimate of drug-likeness (QED) is 0.513. The molecule has 90 valence electrons. The van der Waals surface area contributed by atoms with E-state index >= 15 is 0 Å². The number of carbonyl (C=O) groups is 3. The van der Waals surface area contributed by atoms with E-state index in [0.29, 0.717) is 0 Å². The zero-order valence-corrected chi connectivity index (χ0v) is 9.10. The van der Waals surface area contributed by atoms with E-state index in [1.54, 1.807) is 0 Å². The van der Waals surface area contributed by atoms with Crippen molar-refractivity contribution in [3.63, 3.8) is 0 Å². The van der Waals surface area contributed by atoms with E-state index < -0.39 is 35.8 Å². The van der Waals surface area contributed by atoms with Gasteiger partial charge in [0.25, 0.3) is 0 Å². The molecule has 0 bridgehead atoms. The fraction of sp³-hybridized carbons (Fsp3) is 0.500. The van der Waals surface area contributed by atoms with Crippen molar-refractivity contribution in [2.24, 2.45) is 5.92 Å². The van der Waals surface area contributed by atoms with Gasteiger partial charge in [0.2, 0.25) is 5.60 Å². The van der Waals surface area contributed by atoms with E-state index in [-0.39, 0.29) is 0 Å². The van der Waals surface area contributed by atoms with Crippen LogP contribution in [0.2, 0.25) is 0 Å². The summed E-state index contributed by atoms with van der Waals surface area (Å²) < 4.78 is 4.68. The average molecular weight is 230 g/mol. The topological polar surface area (TPSA) is 101 Å². The summed E-state index contributed by atoms with van der Waals surface area (Å²) >= 11 is 0. The standard InChI is InChI=1S/C10H14O6/c1-4-8(13)16-10(6(2)3,9(14)15)5-7(11)12/h4,6H,1,5H2,2-3H3,(H,11,12)(H,14,15). The van der Waals surface area contributed by atoms with Gasteiger partial charge < -0.3 is 14.9 Å². The number of rotatable bonds is 6. The molecule has 0 heterocycles. The SMILES string of the molecule is C=CC(=O)OC(CC(=O)O)(C(=O)O)C(C)C. The molecule has 6 heteroatoms. The molecule has 0 aliphatic carbocycles. The first-order valence-electron chi connectivity index (χ1n) is 4.57. The summed E-state index contributed by atoms with van der Waals surface area (Å²) in [5.41, 5.74) is -2.06. The highest BCUT2D eigenvalue weighted by atomic mass is 16.6. The van der Waals surface area contributed by atoms with E-state index in [9.17, 15) is 14.4 Å². The smallest absolute Gasteiger partial charge is 0.349 e. The average Bonchev–Trinajstić information content (AvgIpc) is 2.14. The van der Waals surface area contributed by atoms with Gasteiger partial charge in [-0.05, 0) is 0 Å². The Morgan fingerprint density at radius 1 is 1.38 bits per heavy atom. The summed E-state index contributed by atoms with van der Waals surface area (Å²) in [4.78, 5) is 32.7. The molecular weight excluding hydrogens is 216 g/mol. The van der Waals surface area contributed by atoms with E-state index in [0.717, 1.165) is 6.08 Å². The van der Waals surface area contributed by atoms with Crippen LogP contribution in [0, 0.1) is 5.92 Å². The monoisotopic (exact) mass is 230 g/mol. The minimum Gasteiger partial charge on any atom is -0.481 e. The van der Waals surface area contributed by atoms with Gasteiger partial charge >= 0.3 is 17.9 Å². The Hall–Kier alpha value is -1.85. The van der Waals surface area contributed by atoms with Gasteiger partial charge in [-0.2, -0.15) is 0 Å². The van der Waals surface area contributed by atoms with Gasteiger partial charge in [-0.15, -0.1) is 0 Å². The van der Waals surface area contributed by atoms with Crippen LogP contribution in [0.25, 0.3) is 0 Å². The number of carboxylic acids is 2. The largest absolute Gasteiger partial charge is 0.481 e. The normalized spacial score (nSPS) is 13.9. The maximum Gasteiger partial charge on any atom is 0.349 e. The van der Waals surface area contributed by atoms with Gasteiger partial charge in [-0.1, -0.05) is 20.4 Å². The lowest BCUT2D eigenvalue weighted by Crippen LogP contribution is -2.49. The Bertz CT molecular complexity index is 319. The lowest BCUT2D eigenvalue weighted by molar-refractivity contribution is -0.185. The van der Waals surface area contributed by atoms with Crippen molar-refractivity contribution in [3.8, 4) is 0 Å². The van der Waals surface area contributed by atoms with Crippen LogP contribution < -0.4 is 0 Å². The number of hydrogen-bond acceptors (Lipinski definition) is 4. The van der Waals surface area contributed by atoms with Crippen molar-refractivity contribution >= 4 is 17.9 Å². The van der Waals surface area contributed by atoms with Gasteiger partial charge in [0.15, 0.2) is 0 Å². The van der Waals surface area contributed by atoms with Crippen LogP contribution in [-0.4, -0.2) is 33.7 Å². The molecule has 0 aliphatic rings. The first-order valence-corrected chi connectivity index (χ1v) is 4.57. The fourth-order valence-corrected chi connectivity index (χ4v) is 1.17. The molecule has 0 saturated carbocycles. The van der Waals surface area contributed by atoms with E-state index in [2.05, 4.69) is 11.3 Å². The second-order valence-corrected chi connectivity index (χ2v) is 3.55. The molecule has 0 spiro atoms. The first-order chi connectivity index (χ1) is 7.26. The molecule has 16 heavy (non-hydrogen) atoms. The molecular formula is C10H14O6. The lowest BCUT2D eigenvalue weighted by atomic mass is 9.87. The lowest BCUT2D eigenvalue weighted by Gasteiger charge is -2.30. The van der Waals surface area contributed by atoms with Crippen molar-refractivity contribution in [1.82, 2.24) is 0 Å². The zero-order chi connectivity index (χ0) is 12.9. The number of esters is 1. The molecule has 1 unspecified atom stereocenters. The Kier molecular flexibility index (Phi) is 4.68. The number of hydrogen-bond donors (Lipinski definition) is 2.